The second-order valence-corrected chi connectivity index (χ2v) is 4.55. The van der Waals surface area contributed by atoms with Crippen molar-refractivity contribution in [2.75, 3.05) is 13.7 Å². The van der Waals surface area contributed by atoms with Crippen molar-refractivity contribution in [2.24, 2.45) is 0 Å². The number of aliphatic hydroxyl groups is 1. The molecule has 1 atom stereocenters. The minimum atomic E-state index is -0.805. The maximum absolute atomic E-state index is 11.8. The average molecular weight is 300 g/mol. The Balaban J connectivity index is 2.04. The highest BCUT2D eigenvalue weighted by Gasteiger charge is 2.13. The zero-order chi connectivity index (χ0) is 15.9. The Labute approximate surface area is 127 Å². The van der Waals surface area contributed by atoms with Gasteiger partial charge in [-0.15, -0.1) is 0 Å². The van der Waals surface area contributed by atoms with Crippen molar-refractivity contribution in [1.29, 1.82) is 0 Å². The lowest BCUT2D eigenvalue weighted by molar-refractivity contribution is -0.139. The predicted octanol–water partition coefficient (Wildman–Crippen LogP) is 1.07. The van der Waals surface area contributed by atoms with E-state index in [9.17, 15) is 14.7 Å². The van der Waals surface area contributed by atoms with Gasteiger partial charge in [-0.2, -0.15) is 0 Å². The number of hydrogen-bond acceptors (Lipinski definition) is 5. The van der Waals surface area contributed by atoms with Gasteiger partial charge in [0.2, 0.25) is 0 Å². The molecule has 0 aliphatic heterocycles. The summed E-state index contributed by atoms with van der Waals surface area (Å²) in [4.78, 5) is 26.7. The molecule has 22 heavy (non-hydrogen) atoms. The number of aliphatic hydroxyl groups excluding tert-OH is 1. The van der Waals surface area contributed by atoms with Gasteiger partial charge in [0.25, 0.3) is 5.91 Å². The van der Waals surface area contributed by atoms with Gasteiger partial charge < -0.3 is 15.2 Å². The van der Waals surface area contributed by atoms with Crippen LogP contribution in [0, 0.1) is 0 Å². The third kappa shape index (κ3) is 3.89. The Morgan fingerprint density at radius 1 is 1.18 bits per heavy atom. The first-order valence-electron chi connectivity index (χ1n) is 6.66. The summed E-state index contributed by atoms with van der Waals surface area (Å²) in [6.07, 6.45) is 0.630. The van der Waals surface area contributed by atoms with E-state index in [0.717, 1.165) is 5.56 Å². The van der Waals surface area contributed by atoms with Gasteiger partial charge >= 0.3 is 5.97 Å². The van der Waals surface area contributed by atoms with Crippen LogP contribution >= 0.6 is 0 Å². The molecule has 6 nitrogen and oxygen atoms in total. The van der Waals surface area contributed by atoms with Gasteiger partial charge in [0.1, 0.15) is 18.3 Å². The van der Waals surface area contributed by atoms with E-state index in [4.69, 9.17) is 0 Å². The van der Waals surface area contributed by atoms with Crippen molar-refractivity contribution in [3.8, 4) is 0 Å². The van der Waals surface area contributed by atoms with E-state index in [1.807, 2.05) is 30.3 Å². The third-order valence-electron chi connectivity index (χ3n) is 3.07. The van der Waals surface area contributed by atoms with Crippen molar-refractivity contribution >= 4 is 11.9 Å². The average Bonchev–Trinajstić information content (AvgIpc) is 2.59. The molecule has 0 aliphatic rings. The molecule has 0 fully saturated rings. The Bertz CT molecular complexity index is 641. The number of carbonyl (C=O) groups is 2. The van der Waals surface area contributed by atoms with Gasteiger partial charge in [0.15, 0.2) is 0 Å². The Kier molecular flexibility index (Phi) is 5.21. The van der Waals surface area contributed by atoms with E-state index in [2.05, 4.69) is 15.0 Å². The maximum Gasteiger partial charge on any atom is 0.325 e. The molecule has 0 radical (unpaired) electrons. The first kappa shape index (κ1) is 15.7. The van der Waals surface area contributed by atoms with E-state index in [-0.39, 0.29) is 12.2 Å². The number of ether oxygens (including phenoxy) is 1. The fourth-order valence-electron chi connectivity index (χ4n) is 1.84. The van der Waals surface area contributed by atoms with E-state index >= 15 is 0 Å². The van der Waals surface area contributed by atoms with E-state index in [1.54, 1.807) is 6.07 Å². The molecular weight excluding hydrogens is 284 g/mol. The summed E-state index contributed by atoms with van der Waals surface area (Å²) in [6.45, 7) is -0.217. The number of rotatable bonds is 5. The summed E-state index contributed by atoms with van der Waals surface area (Å²) in [7, 11) is 1.24. The molecule has 2 N–H and O–H groups in total. The molecule has 1 amide bonds. The summed E-state index contributed by atoms with van der Waals surface area (Å²) >= 11 is 0. The van der Waals surface area contributed by atoms with Crippen LogP contribution in [-0.4, -0.2) is 35.6 Å². The molecule has 0 unspecified atom stereocenters. The van der Waals surface area contributed by atoms with Crippen molar-refractivity contribution in [1.82, 2.24) is 10.3 Å². The molecule has 6 heteroatoms. The van der Waals surface area contributed by atoms with Crippen molar-refractivity contribution in [2.45, 2.75) is 6.10 Å². The smallest absolute Gasteiger partial charge is 0.325 e. The molecule has 0 saturated heterocycles. The minimum Gasteiger partial charge on any atom is -0.468 e. The standard InChI is InChI=1S/C16H16N2O4/c1-22-14(19)10-18-16(21)13-8-7-12(9-17-13)15(20)11-5-3-2-4-6-11/h2-9,15,20H,10H2,1H3,(H,18,21)/t15-/m1/s1. The second-order valence-electron chi connectivity index (χ2n) is 4.55. The summed E-state index contributed by atoms with van der Waals surface area (Å²) < 4.78 is 4.43. The molecule has 2 aromatic rings. The first-order chi connectivity index (χ1) is 10.6. The number of aromatic nitrogens is 1. The number of carbonyl (C=O) groups excluding carboxylic acids is 2. The van der Waals surface area contributed by atoms with Crippen LogP contribution < -0.4 is 5.32 Å². The van der Waals surface area contributed by atoms with Crippen LogP contribution in [0.5, 0.6) is 0 Å². The largest absolute Gasteiger partial charge is 0.468 e. The monoisotopic (exact) mass is 300 g/mol. The first-order valence-corrected chi connectivity index (χ1v) is 6.66. The van der Waals surface area contributed by atoms with Gasteiger partial charge in [-0.05, 0) is 11.6 Å². The molecule has 1 aromatic carbocycles. The third-order valence-corrected chi connectivity index (χ3v) is 3.07. The van der Waals surface area contributed by atoms with Gasteiger partial charge in [-0.1, -0.05) is 36.4 Å². The molecule has 1 aromatic heterocycles. The Hall–Kier alpha value is -2.73. The Morgan fingerprint density at radius 3 is 2.50 bits per heavy atom. The lowest BCUT2D eigenvalue weighted by atomic mass is 10.0. The van der Waals surface area contributed by atoms with E-state index in [0.29, 0.717) is 5.56 Å². The van der Waals surface area contributed by atoms with Crippen LogP contribution in [0.25, 0.3) is 0 Å². The number of pyridine rings is 1. The van der Waals surface area contributed by atoms with Crippen LogP contribution in [0.4, 0.5) is 0 Å². The summed E-state index contributed by atoms with van der Waals surface area (Å²) in [5, 5.41) is 12.6. The second kappa shape index (κ2) is 7.33. The highest BCUT2D eigenvalue weighted by atomic mass is 16.5. The highest BCUT2D eigenvalue weighted by Crippen LogP contribution is 2.20. The Morgan fingerprint density at radius 2 is 1.91 bits per heavy atom. The molecule has 114 valence electrons. The predicted molar refractivity (Wildman–Crippen MR) is 79.1 cm³/mol. The summed E-state index contributed by atoms with van der Waals surface area (Å²) in [6, 6.07) is 12.3. The molecule has 0 aliphatic carbocycles. The quantitative estimate of drug-likeness (QED) is 0.806. The highest BCUT2D eigenvalue weighted by molar-refractivity contribution is 5.94. The normalized spacial score (nSPS) is 11.5. The molecular formula is C16H16N2O4. The SMILES string of the molecule is COC(=O)CNC(=O)c1ccc([C@H](O)c2ccccc2)cn1. The number of methoxy groups -OCH3 is 1. The molecule has 1 heterocycles. The van der Waals surface area contributed by atoms with Gasteiger partial charge in [0, 0.05) is 11.8 Å². The molecule has 0 spiro atoms. The van der Waals surface area contributed by atoms with Gasteiger partial charge in [-0.25, -0.2) is 0 Å². The lowest BCUT2D eigenvalue weighted by Crippen LogP contribution is -2.30. The van der Waals surface area contributed by atoms with Crippen LogP contribution in [0.2, 0.25) is 0 Å². The zero-order valence-electron chi connectivity index (χ0n) is 12.0. The van der Waals surface area contributed by atoms with Crippen LogP contribution in [-0.2, 0) is 9.53 Å². The number of hydrogen-bond donors (Lipinski definition) is 2. The molecule has 2 rings (SSSR count). The maximum atomic E-state index is 11.8. The summed E-state index contributed by atoms with van der Waals surface area (Å²) in [5.41, 5.74) is 1.48. The zero-order valence-corrected chi connectivity index (χ0v) is 12.0. The van der Waals surface area contributed by atoms with E-state index in [1.165, 1.54) is 19.4 Å². The van der Waals surface area contributed by atoms with Crippen LogP contribution in [0.15, 0.2) is 48.7 Å². The van der Waals surface area contributed by atoms with Crippen molar-refractivity contribution in [3.05, 3.63) is 65.5 Å². The number of nitrogens with one attached hydrogen (secondary N) is 1. The topological polar surface area (TPSA) is 88.5 Å². The fraction of sp³-hybridized carbons (Fsp3) is 0.188. The van der Waals surface area contributed by atoms with Gasteiger partial charge in [-0.3, -0.25) is 14.6 Å². The van der Waals surface area contributed by atoms with Crippen LogP contribution in [0.3, 0.4) is 0 Å². The fourth-order valence-corrected chi connectivity index (χ4v) is 1.84. The van der Waals surface area contributed by atoms with Crippen LogP contribution in [0.1, 0.15) is 27.7 Å². The molecule has 0 bridgehead atoms. The lowest BCUT2D eigenvalue weighted by Gasteiger charge is -2.11. The minimum absolute atomic E-state index is 0.160. The van der Waals surface area contributed by atoms with Crippen molar-refractivity contribution < 1.29 is 19.4 Å². The number of benzene rings is 1. The van der Waals surface area contributed by atoms with Gasteiger partial charge in [0.05, 0.1) is 7.11 Å². The number of nitrogens with zero attached hydrogens (tertiary/aromatic N) is 1. The van der Waals surface area contributed by atoms with E-state index < -0.39 is 18.0 Å². The van der Waals surface area contributed by atoms with Crippen molar-refractivity contribution in [3.63, 3.8) is 0 Å². The number of esters is 1. The number of amides is 1. The summed E-state index contributed by atoms with van der Waals surface area (Å²) in [5.74, 6) is -1.02. The molecule has 0 saturated carbocycles.